The molecule has 17 aromatic rings. The second kappa shape index (κ2) is 22.1. The molecule has 0 bridgehead atoms. The van der Waals surface area contributed by atoms with Crippen LogP contribution in [0.15, 0.2) is 364 Å². The Morgan fingerprint density at radius 1 is 0.172 bits per heavy atom. The topological polar surface area (TPSA) is 9.86 Å². The van der Waals surface area contributed by atoms with Crippen LogP contribution in [-0.4, -0.2) is 9.13 Å². The molecule has 2 heterocycles. The van der Waals surface area contributed by atoms with Crippen molar-refractivity contribution < 1.29 is 0 Å². The molecule has 0 fully saturated rings. The summed E-state index contributed by atoms with van der Waals surface area (Å²) in [5, 5.41) is 4.96. The predicted octanol–water partition coefficient (Wildman–Crippen LogP) is 23.9. The highest BCUT2D eigenvalue weighted by molar-refractivity contribution is 6.13. The molecule has 0 aliphatic heterocycles. The van der Waals surface area contributed by atoms with Gasteiger partial charge in [0, 0.05) is 32.9 Å². The predicted molar refractivity (Wildman–Crippen MR) is 390 cm³/mol. The first-order chi connectivity index (χ1) is 46.1. The lowest BCUT2D eigenvalue weighted by atomic mass is 9.67. The van der Waals surface area contributed by atoms with Crippen LogP contribution in [-0.2, 0) is 5.41 Å². The van der Waals surface area contributed by atoms with E-state index in [1.165, 1.54) is 155 Å². The summed E-state index contributed by atoms with van der Waals surface area (Å²) in [7, 11) is 0. The number of aromatic nitrogens is 2. The minimum atomic E-state index is -0.515. The van der Waals surface area contributed by atoms with Crippen LogP contribution in [0.4, 0.5) is 0 Å². The number of hydrogen-bond donors (Lipinski definition) is 0. The van der Waals surface area contributed by atoms with Crippen molar-refractivity contribution in [1.82, 2.24) is 9.13 Å². The third-order valence-corrected chi connectivity index (χ3v) is 19.7. The van der Waals surface area contributed by atoms with Gasteiger partial charge in [0.15, 0.2) is 0 Å². The second-order valence-electron chi connectivity index (χ2n) is 24.7. The molecule has 1 aliphatic rings. The van der Waals surface area contributed by atoms with Crippen LogP contribution in [0, 0.1) is 0 Å². The molecule has 2 aromatic heterocycles. The molecule has 2 nitrogen and oxygen atoms in total. The standard InChI is InChI=1S/C91H60N2/c1-3-17-61(18-4-1)63-33-35-66(36-34-63)68-45-51-75(52-46-68)91(85-29-11-7-25-79(85)80-26-8-12-30-86(80)91)76-23-15-21-71(57-76)70-43-41-65(42-44-70)64-37-39-67(40-38-64)69-47-53-77(54-48-69)92-87-31-13-9-27-81(87)83-59-73(49-55-89(83)92)74-50-56-90-84(60-74)82-28-10-14-32-88(82)93(90)78-24-16-22-72(58-78)62-19-5-2-6-20-62/h1-60H. The van der Waals surface area contributed by atoms with Crippen LogP contribution >= 0.6 is 0 Å². The number of fused-ring (bicyclic) bond motifs is 9. The molecular weight excluding hydrogens is 1120 g/mol. The van der Waals surface area contributed by atoms with Crippen LogP contribution in [0.3, 0.4) is 0 Å². The van der Waals surface area contributed by atoms with E-state index in [1.807, 2.05) is 0 Å². The summed E-state index contributed by atoms with van der Waals surface area (Å²) in [6.07, 6.45) is 0. The fourth-order valence-electron chi connectivity index (χ4n) is 15.2. The van der Waals surface area contributed by atoms with E-state index in [-0.39, 0.29) is 0 Å². The highest BCUT2D eigenvalue weighted by Crippen LogP contribution is 2.56. The van der Waals surface area contributed by atoms with Gasteiger partial charge in [-0.2, -0.15) is 0 Å². The number of benzene rings is 15. The Labute approximate surface area is 541 Å². The van der Waals surface area contributed by atoms with Gasteiger partial charge < -0.3 is 9.13 Å². The number of hydrogen-bond acceptors (Lipinski definition) is 0. The lowest BCUT2D eigenvalue weighted by Gasteiger charge is -2.34. The molecule has 0 amide bonds. The molecule has 0 N–H and O–H groups in total. The summed E-state index contributed by atoms with van der Waals surface area (Å²) in [4.78, 5) is 0. The van der Waals surface area contributed by atoms with E-state index < -0.39 is 5.41 Å². The summed E-state index contributed by atoms with van der Waals surface area (Å²) < 4.78 is 4.83. The first kappa shape index (κ1) is 53.9. The third kappa shape index (κ3) is 9.02. The second-order valence-corrected chi connectivity index (χ2v) is 24.7. The molecule has 0 saturated heterocycles. The zero-order valence-electron chi connectivity index (χ0n) is 51.0. The molecule has 0 atom stereocenters. The van der Waals surface area contributed by atoms with Gasteiger partial charge in [0.25, 0.3) is 0 Å². The molecule has 1 aliphatic carbocycles. The van der Waals surface area contributed by atoms with E-state index in [4.69, 9.17) is 0 Å². The first-order valence-corrected chi connectivity index (χ1v) is 32.2. The lowest BCUT2D eigenvalue weighted by molar-refractivity contribution is 0.769. The van der Waals surface area contributed by atoms with Crippen molar-refractivity contribution in [2.24, 2.45) is 0 Å². The van der Waals surface area contributed by atoms with Gasteiger partial charge in [-0.3, -0.25) is 0 Å². The molecule has 2 heteroatoms. The molecule has 93 heavy (non-hydrogen) atoms. The van der Waals surface area contributed by atoms with Gasteiger partial charge in [-0.25, -0.2) is 0 Å². The normalized spacial score (nSPS) is 12.4. The van der Waals surface area contributed by atoms with Gasteiger partial charge in [0.05, 0.1) is 27.5 Å². The maximum absolute atomic E-state index is 2.43. The fourth-order valence-corrected chi connectivity index (χ4v) is 15.2. The van der Waals surface area contributed by atoms with Crippen molar-refractivity contribution in [1.29, 1.82) is 0 Å². The minimum Gasteiger partial charge on any atom is -0.309 e. The average Bonchev–Trinajstić information content (AvgIpc) is 1.54. The van der Waals surface area contributed by atoms with Gasteiger partial charge in [0.1, 0.15) is 0 Å². The molecular formula is C91H60N2. The third-order valence-electron chi connectivity index (χ3n) is 19.7. The minimum absolute atomic E-state index is 0.515. The van der Waals surface area contributed by atoms with Crippen LogP contribution in [0.1, 0.15) is 22.3 Å². The van der Waals surface area contributed by atoms with Crippen LogP contribution in [0.25, 0.3) is 144 Å². The first-order valence-electron chi connectivity index (χ1n) is 32.2. The molecule has 0 radical (unpaired) electrons. The zero-order chi connectivity index (χ0) is 61.4. The van der Waals surface area contributed by atoms with Crippen molar-refractivity contribution in [3.05, 3.63) is 386 Å². The van der Waals surface area contributed by atoms with Crippen LogP contribution in [0.2, 0.25) is 0 Å². The van der Waals surface area contributed by atoms with Gasteiger partial charge in [-0.1, -0.05) is 297 Å². The van der Waals surface area contributed by atoms with E-state index in [0.717, 1.165) is 11.4 Å². The molecule has 15 aromatic carbocycles. The van der Waals surface area contributed by atoms with Gasteiger partial charge in [-0.15, -0.1) is 0 Å². The fraction of sp³-hybridized carbons (Fsp3) is 0.0110. The average molecular weight is 1180 g/mol. The Morgan fingerprint density at radius 3 is 0.989 bits per heavy atom. The van der Waals surface area contributed by atoms with Crippen LogP contribution < -0.4 is 0 Å². The Bertz CT molecular complexity index is 5630. The largest absolute Gasteiger partial charge is 0.309 e. The molecule has 18 rings (SSSR count). The quantitative estimate of drug-likeness (QED) is 0.122. The summed E-state index contributed by atoms with van der Waals surface area (Å²) in [6, 6.07) is 134. The molecule has 0 unspecified atom stereocenters. The van der Waals surface area contributed by atoms with Crippen molar-refractivity contribution in [3.63, 3.8) is 0 Å². The Morgan fingerprint density at radius 2 is 0.495 bits per heavy atom. The summed E-state index contributed by atoms with van der Waals surface area (Å²) >= 11 is 0. The Balaban J connectivity index is 0.616. The van der Waals surface area contributed by atoms with E-state index >= 15 is 0 Å². The molecule has 0 spiro atoms. The molecule has 434 valence electrons. The van der Waals surface area contributed by atoms with Crippen molar-refractivity contribution in [3.8, 4) is 100 Å². The number of nitrogens with zero attached hydrogens (tertiary/aromatic N) is 2. The van der Waals surface area contributed by atoms with E-state index in [9.17, 15) is 0 Å². The lowest BCUT2D eigenvalue weighted by Crippen LogP contribution is -2.28. The maximum Gasteiger partial charge on any atom is 0.0713 e. The van der Waals surface area contributed by atoms with E-state index in [1.54, 1.807) is 0 Å². The van der Waals surface area contributed by atoms with E-state index in [2.05, 4.69) is 373 Å². The Kier molecular flexibility index (Phi) is 12.8. The van der Waals surface area contributed by atoms with Crippen LogP contribution in [0.5, 0.6) is 0 Å². The zero-order valence-corrected chi connectivity index (χ0v) is 51.0. The smallest absolute Gasteiger partial charge is 0.0713 e. The van der Waals surface area contributed by atoms with Crippen molar-refractivity contribution in [2.45, 2.75) is 5.41 Å². The van der Waals surface area contributed by atoms with E-state index in [0.29, 0.717) is 0 Å². The van der Waals surface area contributed by atoms with Crippen molar-refractivity contribution >= 4 is 43.6 Å². The number of para-hydroxylation sites is 2. The summed E-state index contributed by atoms with van der Waals surface area (Å²) in [6.45, 7) is 0. The van der Waals surface area contributed by atoms with Gasteiger partial charge in [0.2, 0.25) is 0 Å². The monoisotopic (exact) mass is 1180 g/mol. The van der Waals surface area contributed by atoms with Gasteiger partial charge >= 0.3 is 0 Å². The number of rotatable bonds is 11. The summed E-state index contributed by atoms with van der Waals surface area (Å²) in [5.41, 5.74) is 31.0. The Hall–Kier alpha value is -12.1. The highest BCUT2D eigenvalue weighted by atomic mass is 15.0. The SMILES string of the molecule is c1ccc(-c2ccc(-c3ccc(C4(c5cccc(-c6ccc(-c7ccc(-c8ccc(-n9c%10ccccc%10c%10cc(-c%11ccc%12c(c%11)c%11ccccc%11n%12-c%11cccc(-c%12ccccc%12)c%11)ccc%109)cc8)cc7)cc6)c5)c5ccccc5-c5ccccc54)cc3)cc2)cc1. The summed E-state index contributed by atoms with van der Waals surface area (Å²) in [5.74, 6) is 0. The van der Waals surface area contributed by atoms with Gasteiger partial charge in [-0.05, 0) is 178 Å². The maximum atomic E-state index is 2.43. The highest BCUT2D eigenvalue weighted by Gasteiger charge is 2.46. The van der Waals surface area contributed by atoms with Crippen molar-refractivity contribution in [2.75, 3.05) is 0 Å². The molecule has 0 saturated carbocycles.